The van der Waals surface area contributed by atoms with E-state index < -0.39 is 0 Å². The minimum atomic E-state index is 0.300. The Morgan fingerprint density at radius 1 is 0.857 bits per heavy atom. The summed E-state index contributed by atoms with van der Waals surface area (Å²) >= 11 is 0. The van der Waals surface area contributed by atoms with Crippen LogP contribution >= 0.6 is 0 Å². The average molecular weight is 279 g/mol. The number of benzene rings is 2. The third kappa shape index (κ3) is 2.40. The van der Waals surface area contributed by atoms with E-state index >= 15 is 0 Å². The lowest BCUT2D eigenvalue weighted by Crippen LogP contribution is -2.01. The second kappa shape index (κ2) is 5.05. The van der Waals surface area contributed by atoms with Gasteiger partial charge in [0.25, 0.3) is 5.88 Å². The SMILES string of the molecule is Cc1ccc(C)c(Oc2nc3ccccc3nc2N)c1C. The Bertz CT molecular complexity index is 828. The predicted molar refractivity (Wildman–Crippen MR) is 84.7 cm³/mol. The van der Waals surface area contributed by atoms with Crippen LogP contribution in [0.15, 0.2) is 36.4 Å². The van der Waals surface area contributed by atoms with Gasteiger partial charge in [0.1, 0.15) is 5.75 Å². The molecule has 0 unspecified atom stereocenters. The summed E-state index contributed by atoms with van der Waals surface area (Å²) in [5, 5.41) is 0. The molecule has 2 aromatic carbocycles. The lowest BCUT2D eigenvalue weighted by Gasteiger charge is -2.14. The highest BCUT2D eigenvalue weighted by Crippen LogP contribution is 2.32. The number of fused-ring (bicyclic) bond motifs is 1. The number of nitrogen functional groups attached to an aromatic ring is 1. The highest BCUT2D eigenvalue weighted by Gasteiger charge is 2.12. The molecule has 21 heavy (non-hydrogen) atoms. The molecule has 4 heteroatoms. The molecule has 0 radical (unpaired) electrons. The van der Waals surface area contributed by atoms with Crippen LogP contribution in [0.5, 0.6) is 11.6 Å². The predicted octanol–water partition coefficient (Wildman–Crippen LogP) is 3.93. The lowest BCUT2D eigenvalue weighted by molar-refractivity contribution is 0.458. The Morgan fingerprint density at radius 3 is 2.19 bits per heavy atom. The van der Waals surface area contributed by atoms with Crippen LogP contribution in [0, 0.1) is 20.8 Å². The van der Waals surface area contributed by atoms with Crippen molar-refractivity contribution in [2.24, 2.45) is 0 Å². The maximum atomic E-state index is 5.97. The molecular weight excluding hydrogens is 262 g/mol. The van der Waals surface area contributed by atoms with Crippen molar-refractivity contribution in [1.29, 1.82) is 0 Å². The van der Waals surface area contributed by atoms with Crippen molar-refractivity contribution in [3.05, 3.63) is 53.1 Å². The van der Waals surface area contributed by atoms with Crippen LogP contribution < -0.4 is 10.5 Å². The number of para-hydroxylation sites is 2. The van der Waals surface area contributed by atoms with Gasteiger partial charge in [-0.05, 0) is 49.6 Å². The quantitative estimate of drug-likeness (QED) is 0.772. The zero-order chi connectivity index (χ0) is 15.0. The molecule has 0 atom stereocenters. The molecule has 0 aliphatic heterocycles. The molecule has 0 aliphatic rings. The third-order valence-electron chi connectivity index (χ3n) is 3.64. The van der Waals surface area contributed by atoms with E-state index in [1.54, 1.807) is 0 Å². The Balaban J connectivity index is 2.10. The molecule has 0 aliphatic carbocycles. The first-order valence-corrected chi connectivity index (χ1v) is 6.83. The van der Waals surface area contributed by atoms with Gasteiger partial charge in [-0.3, -0.25) is 0 Å². The number of hydrogen-bond donors (Lipinski definition) is 1. The first kappa shape index (κ1) is 13.4. The van der Waals surface area contributed by atoms with Crippen LogP contribution in [0.3, 0.4) is 0 Å². The summed E-state index contributed by atoms with van der Waals surface area (Å²) in [5.74, 6) is 1.45. The average Bonchev–Trinajstić information content (AvgIpc) is 2.48. The Morgan fingerprint density at radius 2 is 1.48 bits per heavy atom. The first-order chi connectivity index (χ1) is 10.1. The van der Waals surface area contributed by atoms with Crippen molar-refractivity contribution >= 4 is 16.9 Å². The molecular formula is C17H17N3O. The van der Waals surface area contributed by atoms with Gasteiger partial charge in [-0.1, -0.05) is 24.3 Å². The molecule has 0 bridgehead atoms. The van der Waals surface area contributed by atoms with Gasteiger partial charge < -0.3 is 10.5 Å². The highest BCUT2D eigenvalue weighted by molar-refractivity contribution is 5.76. The zero-order valence-corrected chi connectivity index (χ0v) is 12.3. The van der Waals surface area contributed by atoms with Gasteiger partial charge in [-0.15, -0.1) is 0 Å². The maximum Gasteiger partial charge on any atom is 0.263 e. The number of nitrogens with two attached hydrogens (primary N) is 1. The second-order valence-electron chi connectivity index (χ2n) is 5.16. The van der Waals surface area contributed by atoms with Crippen molar-refractivity contribution in [2.75, 3.05) is 5.73 Å². The van der Waals surface area contributed by atoms with Crippen molar-refractivity contribution in [1.82, 2.24) is 9.97 Å². The zero-order valence-electron chi connectivity index (χ0n) is 12.3. The summed E-state index contributed by atoms with van der Waals surface area (Å²) < 4.78 is 5.96. The number of aryl methyl sites for hydroxylation is 2. The van der Waals surface area contributed by atoms with Gasteiger partial charge in [-0.25, -0.2) is 9.97 Å². The minimum absolute atomic E-state index is 0.300. The largest absolute Gasteiger partial charge is 0.435 e. The topological polar surface area (TPSA) is 61.0 Å². The molecule has 0 saturated heterocycles. The number of ether oxygens (including phenoxy) is 1. The highest BCUT2D eigenvalue weighted by atomic mass is 16.5. The van der Waals surface area contributed by atoms with E-state index in [1.807, 2.05) is 44.2 Å². The van der Waals surface area contributed by atoms with Crippen molar-refractivity contribution < 1.29 is 4.74 Å². The van der Waals surface area contributed by atoms with Crippen LogP contribution in [0.25, 0.3) is 11.0 Å². The molecule has 1 heterocycles. The van der Waals surface area contributed by atoms with Crippen molar-refractivity contribution in [3.63, 3.8) is 0 Å². The van der Waals surface area contributed by atoms with Crippen LogP contribution in [-0.2, 0) is 0 Å². The molecule has 3 aromatic rings. The van der Waals surface area contributed by atoms with Crippen LogP contribution in [-0.4, -0.2) is 9.97 Å². The van der Waals surface area contributed by atoms with Gasteiger partial charge in [0, 0.05) is 0 Å². The number of nitrogens with zero attached hydrogens (tertiary/aromatic N) is 2. The van der Waals surface area contributed by atoms with Gasteiger partial charge >= 0.3 is 0 Å². The van der Waals surface area contributed by atoms with E-state index in [9.17, 15) is 0 Å². The number of aromatic nitrogens is 2. The van der Waals surface area contributed by atoms with Gasteiger partial charge in [0.05, 0.1) is 11.0 Å². The molecule has 3 rings (SSSR count). The monoisotopic (exact) mass is 279 g/mol. The Hall–Kier alpha value is -2.62. The van der Waals surface area contributed by atoms with Gasteiger partial charge in [-0.2, -0.15) is 0 Å². The molecule has 0 amide bonds. The van der Waals surface area contributed by atoms with E-state index in [4.69, 9.17) is 10.5 Å². The minimum Gasteiger partial charge on any atom is -0.435 e. The third-order valence-corrected chi connectivity index (χ3v) is 3.64. The maximum absolute atomic E-state index is 5.97. The second-order valence-corrected chi connectivity index (χ2v) is 5.16. The van der Waals surface area contributed by atoms with Gasteiger partial charge in [0.2, 0.25) is 0 Å². The summed E-state index contributed by atoms with van der Waals surface area (Å²) in [6, 6.07) is 11.7. The fourth-order valence-electron chi connectivity index (χ4n) is 2.25. The Labute approximate surface area is 123 Å². The molecule has 0 spiro atoms. The first-order valence-electron chi connectivity index (χ1n) is 6.83. The van der Waals surface area contributed by atoms with Crippen LogP contribution in [0.1, 0.15) is 16.7 Å². The molecule has 4 nitrogen and oxygen atoms in total. The summed E-state index contributed by atoms with van der Waals surface area (Å²) in [4.78, 5) is 8.82. The Kier molecular flexibility index (Phi) is 3.22. The smallest absolute Gasteiger partial charge is 0.263 e. The molecule has 106 valence electrons. The van der Waals surface area contributed by atoms with Crippen molar-refractivity contribution in [2.45, 2.75) is 20.8 Å². The summed E-state index contributed by atoms with van der Waals surface area (Å²) in [7, 11) is 0. The van der Waals surface area contributed by atoms with E-state index in [1.165, 1.54) is 5.56 Å². The summed E-state index contributed by atoms with van der Waals surface area (Å²) in [6.07, 6.45) is 0. The van der Waals surface area contributed by atoms with Crippen LogP contribution in [0.2, 0.25) is 0 Å². The number of anilines is 1. The molecule has 0 fully saturated rings. The van der Waals surface area contributed by atoms with E-state index in [0.717, 1.165) is 27.9 Å². The van der Waals surface area contributed by atoms with Gasteiger partial charge in [0.15, 0.2) is 5.82 Å². The van der Waals surface area contributed by atoms with Crippen molar-refractivity contribution in [3.8, 4) is 11.6 Å². The summed E-state index contributed by atoms with van der Waals surface area (Å²) in [5.41, 5.74) is 10.8. The van der Waals surface area contributed by atoms with E-state index in [0.29, 0.717) is 11.7 Å². The number of hydrogen-bond acceptors (Lipinski definition) is 4. The molecule has 2 N–H and O–H groups in total. The summed E-state index contributed by atoms with van der Waals surface area (Å²) in [6.45, 7) is 6.09. The van der Waals surface area contributed by atoms with E-state index in [-0.39, 0.29) is 0 Å². The fraction of sp³-hybridized carbons (Fsp3) is 0.176. The van der Waals surface area contributed by atoms with E-state index in [2.05, 4.69) is 23.0 Å². The van der Waals surface area contributed by atoms with Crippen LogP contribution in [0.4, 0.5) is 5.82 Å². The standard InChI is InChI=1S/C17H17N3O/c1-10-8-9-11(2)15(12(10)3)21-17-16(18)19-13-6-4-5-7-14(13)20-17/h4-9H,1-3H3,(H2,18,19). The number of rotatable bonds is 2. The molecule has 0 saturated carbocycles. The fourth-order valence-corrected chi connectivity index (χ4v) is 2.25. The molecule has 1 aromatic heterocycles. The normalized spacial score (nSPS) is 10.8. The lowest BCUT2D eigenvalue weighted by atomic mass is 10.1.